The van der Waals surface area contributed by atoms with Crippen LogP contribution < -0.4 is 10.1 Å². The first-order valence-corrected chi connectivity index (χ1v) is 8.15. The Kier molecular flexibility index (Phi) is 6.87. The fraction of sp³-hybridized carbons (Fsp3) is 0.556. The highest BCUT2D eigenvalue weighted by atomic mass is 19.1. The Hall–Kier alpha value is -1.39. The summed E-state index contributed by atoms with van der Waals surface area (Å²) in [5, 5.41) is 3.38. The number of nitrogens with zero attached hydrogens (tertiary/aromatic N) is 1. The van der Waals surface area contributed by atoms with E-state index in [0.29, 0.717) is 0 Å². The van der Waals surface area contributed by atoms with Crippen LogP contribution in [0.2, 0.25) is 0 Å². The fourth-order valence-corrected chi connectivity index (χ4v) is 3.12. The van der Waals surface area contributed by atoms with Crippen LogP contribution in [0.4, 0.5) is 4.39 Å². The second kappa shape index (κ2) is 8.91. The number of hydrogen-bond donors (Lipinski definition) is 1. The van der Waals surface area contributed by atoms with Crippen LogP contribution >= 0.6 is 0 Å². The Morgan fingerprint density at radius 1 is 1.36 bits per heavy atom. The van der Waals surface area contributed by atoms with Gasteiger partial charge >= 0.3 is 0 Å². The first kappa shape index (κ1) is 17.0. The zero-order valence-corrected chi connectivity index (χ0v) is 13.5. The Balaban J connectivity index is 2.18. The van der Waals surface area contributed by atoms with Gasteiger partial charge in [-0.15, -0.1) is 6.58 Å². The first-order valence-electron chi connectivity index (χ1n) is 8.15. The lowest BCUT2D eigenvalue weighted by atomic mass is 9.97. The van der Waals surface area contributed by atoms with Crippen molar-refractivity contribution in [3.8, 4) is 5.75 Å². The van der Waals surface area contributed by atoms with Crippen molar-refractivity contribution < 1.29 is 9.13 Å². The summed E-state index contributed by atoms with van der Waals surface area (Å²) in [5.74, 6) is 0.593. The molecule has 1 aromatic rings. The van der Waals surface area contributed by atoms with Crippen LogP contribution in [0.1, 0.15) is 37.3 Å². The number of nitrogens with one attached hydrogen (secondary N) is 1. The summed E-state index contributed by atoms with van der Waals surface area (Å²) in [7, 11) is 1.66. The maximum Gasteiger partial charge on any atom is 0.123 e. The van der Waals surface area contributed by atoms with Crippen LogP contribution in [0.3, 0.4) is 0 Å². The van der Waals surface area contributed by atoms with E-state index in [2.05, 4.69) is 16.8 Å². The number of benzene rings is 1. The predicted octanol–water partition coefficient (Wildman–Crippen LogP) is 3.53. The minimum absolute atomic E-state index is 0.193. The minimum atomic E-state index is -0.193. The molecule has 1 aliphatic rings. The van der Waals surface area contributed by atoms with Crippen molar-refractivity contribution in [2.45, 2.75) is 31.7 Å². The molecule has 0 aliphatic carbocycles. The number of piperazine rings is 1. The van der Waals surface area contributed by atoms with Gasteiger partial charge in [-0.05, 0) is 37.5 Å². The summed E-state index contributed by atoms with van der Waals surface area (Å²) in [6.07, 6.45) is 6.26. The Morgan fingerprint density at radius 2 is 2.14 bits per heavy atom. The molecule has 1 saturated heterocycles. The lowest BCUT2D eigenvalue weighted by Gasteiger charge is -2.36. The molecule has 0 saturated carbocycles. The van der Waals surface area contributed by atoms with Crippen molar-refractivity contribution in [2.24, 2.45) is 0 Å². The third-order valence-electron chi connectivity index (χ3n) is 4.28. The predicted molar refractivity (Wildman–Crippen MR) is 88.8 cm³/mol. The van der Waals surface area contributed by atoms with E-state index >= 15 is 0 Å². The van der Waals surface area contributed by atoms with Crippen LogP contribution in [0, 0.1) is 5.82 Å². The Labute approximate surface area is 133 Å². The van der Waals surface area contributed by atoms with Crippen molar-refractivity contribution in [2.75, 3.05) is 33.3 Å². The van der Waals surface area contributed by atoms with Crippen molar-refractivity contribution in [1.82, 2.24) is 10.2 Å². The van der Waals surface area contributed by atoms with Gasteiger partial charge < -0.3 is 10.1 Å². The third-order valence-corrected chi connectivity index (χ3v) is 4.28. The van der Waals surface area contributed by atoms with Gasteiger partial charge in [0.05, 0.1) is 7.11 Å². The number of halogens is 1. The largest absolute Gasteiger partial charge is 0.496 e. The van der Waals surface area contributed by atoms with Crippen LogP contribution in [-0.2, 0) is 0 Å². The molecule has 0 aromatic heterocycles. The average Bonchev–Trinajstić information content (AvgIpc) is 2.56. The van der Waals surface area contributed by atoms with E-state index in [1.54, 1.807) is 19.2 Å². The summed E-state index contributed by atoms with van der Waals surface area (Å²) in [5.41, 5.74) is 0.975. The van der Waals surface area contributed by atoms with Gasteiger partial charge in [0.25, 0.3) is 0 Å². The molecule has 4 heteroatoms. The number of methoxy groups -OCH3 is 1. The van der Waals surface area contributed by atoms with Crippen LogP contribution in [0.15, 0.2) is 30.9 Å². The molecule has 2 rings (SSSR count). The molecule has 0 bridgehead atoms. The normalized spacial score (nSPS) is 17.2. The zero-order valence-electron chi connectivity index (χ0n) is 13.5. The molecule has 1 heterocycles. The highest BCUT2D eigenvalue weighted by Crippen LogP contribution is 2.34. The van der Waals surface area contributed by atoms with Crippen molar-refractivity contribution >= 4 is 0 Å². The van der Waals surface area contributed by atoms with Crippen molar-refractivity contribution in [3.05, 3.63) is 42.2 Å². The molecular weight excluding hydrogens is 279 g/mol. The lowest BCUT2D eigenvalue weighted by molar-refractivity contribution is 0.160. The first-order chi connectivity index (χ1) is 10.8. The third kappa shape index (κ3) is 4.55. The number of unbranched alkanes of at least 4 members (excludes halogenated alkanes) is 2. The van der Waals surface area contributed by atoms with E-state index in [4.69, 9.17) is 4.74 Å². The molecule has 0 unspecified atom stereocenters. The quantitative estimate of drug-likeness (QED) is 0.587. The average molecular weight is 306 g/mol. The maximum atomic E-state index is 13.8. The van der Waals surface area contributed by atoms with Gasteiger partial charge in [0.15, 0.2) is 0 Å². The standard InChI is InChI=1S/C18H27FN2O/c1-3-4-5-6-7-17(21-12-10-20-11-13-21)16-14-15(19)8-9-18(16)22-2/h3,8-9,14,17,20H,1,4-7,10-13H2,2H3/t17-/m1/s1. The molecule has 1 fully saturated rings. The molecule has 22 heavy (non-hydrogen) atoms. The second-order valence-corrected chi connectivity index (χ2v) is 5.76. The van der Waals surface area contributed by atoms with Gasteiger partial charge in [-0.3, -0.25) is 4.90 Å². The van der Waals surface area contributed by atoms with E-state index < -0.39 is 0 Å². The molecule has 122 valence electrons. The molecule has 1 atom stereocenters. The highest BCUT2D eigenvalue weighted by molar-refractivity contribution is 5.36. The van der Waals surface area contributed by atoms with Crippen molar-refractivity contribution in [1.29, 1.82) is 0 Å². The smallest absolute Gasteiger partial charge is 0.123 e. The fourth-order valence-electron chi connectivity index (χ4n) is 3.12. The molecule has 1 aromatic carbocycles. The topological polar surface area (TPSA) is 24.5 Å². The van der Waals surface area contributed by atoms with Gasteiger partial charge in [-0.1, -0.05) is 12.5 Å². The highest BCUT2D eigenvalue weighted by Gasteiger charge is 2.24. The molecule has 3 nitrogen and oxygen atoms in total. The molecule has 0 radical (unpaired) electrons. The van der Waals surface area contributed by atoms with E-state index in [1.807, 2.05) is 6.08 Å². The summed E-state index contributed by atoms with van der Waals surface area (Å²) in [6.45, 7) is 7.73. The molecule has 1 N–H and O–H groups in total. The molecule has 1 aliphatic heterocycles. The maximum absolute atomic E-state index is 13.8. The summed E-state index contributed by atoms with van der Waals surface area (Å²) in [4.78, 5) is 2.45. The van der Waals surface area contributed by atoms with E-state index in [0.717, 1.165) is 63.2 Å². The lowest BCUT2D eigenvalue weighted by Crippen LogP contribution is -2.45. The number of hydrogen-bond acceptors (Lipinski definition) is 3. The summed E-state index contributed by atoms with van der Waals surface area (Å²) >= 11 is 0. The van der Waals surface area contributed by atoms with Crippen LogP contribution in [0.25, 0.3) is 0 Å². The number of ether oxygens (including phenoxy) is 1. The number of allylic oxidation sites excluding steroid dienone is 1. The Morgan fingerprint density at radius 3 is 2.82 bits per heavy atom. The zero-order chi connectivity index (χ0) is 15.8. The van der Waals surface area contributed by atoms with Crippen LogP contribution in [0.5, 0.6) is 5.75 Å². The van der Waals surface area contributed by atoms with Gasteiger partial charge in [0, 0.05) is 37.8 Å². The van der Waals surface area contributed by atoms with Crippen molar-refractivity contribution in [3.63, 3.8) is 0 Å². The van der Waals surface area contributed by atoms with E-state index in [-0.39, 0.29) is 11.9 Å². The Bertz CT molecular complexity index is 472. The van der Waals surface area contributed by atoms with Gasteiger partial charge in [0.2, 0.25) is 0 Å². The van der Waals surface area contributed by atoms with E-state index in [1.165, 1.54) is 6.07 Å². The summed E-state index contributed by atoms with van der Waals surface area (Å²) in [6, 6.07) is 5.06. The van der Waals surface area contributed by atoms with Gasteiger partial charge in [-0.2, -0.15) is 0 Å². The van der Waals surface area contributed by atoms with Gasteiger partial charge in [0.1, 0.15) is 11.6 Å². The molecular formula is C18H27FN2O. The minimum Gasteiger partial charge on any atom is -0.496 e. The number of rotatable bonds is 8. The molecule has 0 spiro atoms. The summed E-state index contributed by atoms with van der Waals surface area (Å²) < 4.78 is 19.2. The molecule has 0 amide bonds. The SMILES string of the molecule is C=CCCCC[C@H](c1cc(F)ccc1OC)N1CCNCC1. The van der Waals surface area contributed by atoms with E-state index in [9.17, 15) is 4.39 Å². The van der Waals surface area contributed by atoms with Gasteiger partial charge in [-0.25, -0.2) is 4.39 Å². The second-order valence-electron chi connectivity index (χ2n) is 5.76. The monoisotopic (exact) mass is 306 g/mol. The van der Waals surface area contributed by atoms with Crippen LogP contribution in [-0.4, -0.2) is 38.2 Å².